The van der Waals surface area contributed by atoms with Crippen LogP contribution >= 0.6 is 11.6 Å². The molecule has 0 aliphatic rings. The van der Waals surface area contributed by atoms with Crippen molar-refractivity contribution in [3.63, 3.8) is 0 Å². The first kappa shape index (κ1) is 17.2. The first-order valence-corrected chi connectivity index (χ1v) is 8.21. The van der Waals surface area contributed by atoms with Gasteiger partial charge in [-0.1, -0.05) is 17.7 Å². The number of hydrogen-bond donors (Lipinski definition) is 2. The van der Waals surface area contributed by atoms with Crippen LogP contribution in [0.4, 0.5) is 0 Å². The Morgan fingerprint density at radius 2 is 2.08 bits per heavy atom. The molecule has 2 aromatic carbocycles. The largest absolute Gasteiger partial charge is 0.508 e. The fourth-order valence-electron chi connectivity index (χ4n) is 2.54. The first-order valence-electron chi connectivity index (χ1n) is 7.83. The molecule has 1 aromatic heterocycles. The number of aromatic hydroxyl groups is 1. The van der Waals surface area contributed by atoms with E-state index < -0.39 is 0 Å². The van der Waals surface area contributed by atoms with Crippen molar-refractivity contribution in [1.29, 1.82) is 0 Å². The van der Waals surface area contributed by atoms with Gasteiger partial charge in [0.05, 0.1) is 11.1 Å². The first-order chi connectivity index (χ1) is 11.9. The highest BCUT2D eigenvalue weighted by atomic mass is 35.5. The molecule has 130 valence electrons. The van der Waals surface area contributed by atoms with E-state index in [1.807, 2.05) is 31.2 Å². The Labute approximate surface area is 150 Å². The number of carbonyl (C=O) groups excluding carboxylic acids is 1. The number of phenols is 1. The van der Waals surface area contributed by atoms with Crippen LogP contribution in [0.3, 0.4) is 0 Å². The second-order valence-electron chi connectivity index (χ2n) is 5.84. The molecule has 1 atom stereocenters. The Bertz CT molecular complexity index is 919. The third-order valence-electron chi connectivity index (χ3n) is 3.78. The van der Waals surface area contributed by atoms with Gasteiger partial charge >= 0.3 is 0 Å². The number of carbonyl (C=O) groups is 1. The van der Waals surface area contributed by atoms with Gasteiger partial charge in [0, 0.05) is 17.9 Å². The maximum absolute atomic E-state index is 11.2. The summed E-state index contributed by atoms with van der Waals surface area (Å²) in [6, 6.07) is 12.0. The van der Waals surface area contributed by atoms with Crippen LogP contribution in [-0.4, -0.2) is 11.0 Å². The monoisotopic (exact) mass is 359 g/mol. The van der Waals surface area contributed by atoms with Crippen LogP contribution < -0.4 is 10.1 Å². The summed E-state index contributed by atoms with van der Waals surface area (Å²) in [7, 11) is 0. The SMILES string of the molecule is CC(=O)NC(C)c1cc2cc(OCc3ccc(O)cc3Cl)ccc2o1. The average molecular weight is 360 g/mol. The van der Waals surface area contributed by atoms with Gasteiger partial charge in [-0.25, -0.2) is 0 Å². The lowest BCUT2D eigenvalue weighted by atomic mass is 10.2. The van der Waals surface area contributed by atoms with Gasteiger partial charge in [-0.3, -0.25) is 4.79 Å². The molecule has 25 heavy (non-hydrogen) atoms. The molecule has 1 amide bonds. The van der Waals surface area contributed by atoms with E-state index in [2.05, 4.69) is 5.32 Å². The number of phenolic OH excluding ortho intramolecular Hbond substituents is 1. The van der Waals surface area contributed by atoms with Gasteiger partial charge in [-0.15, -0.1) is 0 Å². The fraction of sp³-hybridized carbons (Fsp3) is 0.211. The van der Waals surface area contributed by atoms with Gasteiger partial charge in [0.25, 0.3) is 0 Å². The predicted octanol–water partition coefficient (Wildman–Crippen LogP) is 4.57. The smallest absolute Gasteiger partial charge is 0.217 e. The van der Waals surface area contributed by atoms with Crippen LogP contribution in [-0.2, 0) is 11.4 Å². The second-order valence-corrected chi connectivity index (χ2v) is 6.24. The topological polar surface area (TPSA) is 71.7 Å². The van der Waals surface area contributed by atoms with Crippen molar-refractivity contribution in [3.8, 4) is 11.5 Å². The van der Waals surface area contributed by atoms with E-state index in [4.69, 9.17) is 20.8 Å². The molecule has 0 spiro atoms. The van der Waals surface area contributed by atoms with Crippen LogP contribution in [0.15, 0.2) is 46.9 Å². The summed E-state index contributed by atoms with van der Waals surface area (Å²) in [5.74, 6) is 1.37. The normalized spacial score (nSPS) is 12.1. The molecule has 3 rings (SSSR count). The molecule has 0 bridgehead atoms. The van der Waals surface area contributed by atoms with Gasteiger partial charge in [0.2, 0.25) is 5.91 Å². The van der Waals surface area contributed by atoms with E-state index in [-0.39, 0.29) is 24.3 Å². The van der Waals surface area contributed by atoms with Crippen molar-refractivity contribution < 1.29 is 19.1 Å². The summed E-state index contributed by atoms with van der Waals surface area (Å²) in [5.41, 5.74) is 1.51. The summed E-state index contributed by atoms with van der Waals surface area (Å²) >= 11 is 6.08. The fourth-order valence-corrected chi connectivity index (χ4v) is 2.76. The molecule has 5 nitrogen and oxygen atoms in total. The number of benzene rings is 2. The summed E-state index contributed by atoms with van der Waals surface area (Å²) in [5, 5.41) is 13.5. The van der Waals surface area contributed by atoms with Crippen LogP contribution in [0.25, 0.3) is 11.0 Å². The lowest BCUT2D eigenvalue weighted by Crippen LogP contribution is -2.23. The molecule has 2 N–H and O–H groups in total. The van der Waals surface area contributed by atoms with E-state index in [0.29, 0.717) is 16.5 Å². The number of amides is 1. The van der Waals surface area contributed by atoms with Crippen molar-refractivity contribution in [2.75, 3.05) is 0 Å². The van der Waals surface area contributed by atoms with Gasteiger partial charge in [-0.2, -0.15) is 0 Å². The molecule has 0 saturated heterocycles. The molecular weight excluding hydrogens is 342 g/mol. The van der Waals surface area contributed by atoms with Crippen molar-refractivity contribution in [3.05, 3.63) is 58.8 Å². The summed E-state index contributed by atoms with van der Waals surface area (Å²) < 4.78 is 11.5. The van der Waals surface area contributed by atoms with Gasteiger partial charge in [-0.05, 0) is 43.3 Å². The van der Waals surface area contributed by atoms with Gasteiger partial charge < -0.3 is 19.6 Å². The van der Waals surface area contributed by atoms with Crippen molar-refractivity contribution in [2.24, 2.45) is 0 Å². The minimum absolute atomic E-state index is 0.109. The lowest BCUT2D eigenvalue weighted by molar-refractivity contribution is -0.119. The van der Waals surface area contributed by atoms with Crippen molar-refractivity contribution in [2.45, 2.75) is 26.5 Å². The number of rotatable bonds is 5. The number of furan rings is 1. The lowest BCUT2D eigenvalue weighted by Gasteiger charge is -2.08. The minimum atomic E-state index is -0.204. The third-order valence-corrected chi connectivity index (χ3v) is 4.14. The number of ether oxygens (including phenoxy) is 1. The average Bonchev–Trinajstić information content (AvgIpc) is 2.97. The standard InChI is InChI=1S/C19H18ClNO4/c1-11(21-12(2)22)19-8-14-7-16(5-6-18(14)25-19)24-10-13-3-4-15(23)9-17(13)20/h3-9,11,23H,10H2,1-2H3,(H,21,22). The number of halogens is 1. The Balaban J connectivity index is 1.75. The van der Waals surface area contributed by atoms with Crippen molar-refractivity contribution >= 4 is 28.5 Å². The summed E-state index contributed by atoms with van der Waals surface area (Å²) in [6.45, 7) is 3.63. The Morgan fingerprint density at radius 1 is 1.28 bits per heavy atom. The van der Waals surface area contributed by atoms with Crippen LogP contribution in [0.1, 0.15) is 31.2 Å². The number of nitrogens with one attached hydrogen (secondary N) is 1. The van der Waals surface area contributed by atoms with E-state index in [1.165, 1.54) is 13.0 Å². The number of hydrogen-bond acceptors (Lipinski definition) is 4. The zero-order valence-corrected chi connectivity index (χ0v) is 14.6. The zero-order valence-electron chi connectivity index (χ0n) is 13.9. The predicted molar refractivity (Wildman–Crippen MR) is 95.9 cm³/mol. The Hall–Kier alpha value is -2.66. The molecule has 6 heteroatoms. The number of fused-ring (bicyclic) bond motifs is 1. The molecule has 1 heterocycles. The van der Waals surface area contributed by atoms with E-state index >= 15 is 0 Å². The van der Waals surface area contributed by atoms with Crippen LogP contribution in [0.5, 0.6) is 11.5 Å². The highest BCUT2D eigenvalue weighted by Gasteiger charge is 2.13. The van der Waals surface area contributed by atoms with Gasteiger partial charge in [0.15, 0.2) is 0 Å². The summed E-state index contributed by atoms with van der Waals surface area (Å²) in [6.07, 6.45) is 0. The third kappa shape index (κ3) is 4.06. The van der Waals surface area contributed by atoms with E-state index in [9.17, 15) is 9.90 Å². The molecule has 0 saturated carbocycles. The van der Waals surface area contributed by atoms with E-state index in [1.54, 1.807) is 12.1 Å². The van der Waals surface area contributed by atoms with Crippen molar-refractivity contribution in [1.82, 2.24) is 5.32 Å². The van der Waals surface area contributed by atoms with E-state index in [0.717, 1.165) is 16.5 Å². The van der Waals surface area contributed by atoms with Crippen LogP contribution in [0.2, 0.25) is 5.02 Å². The molecule has 1 unspecified atom stereocenters. The second kappa shape index (κ2) is 7.07. The molecule has 0 aliphatic heterocycles. The molecule has 0 fully saturated rings. The molecule has 0 radical (unpaired) electrons. The maximum Gasteiger partial charge on any atom is 0.217 e. The Morgan fingerprint density at radius 3 is 2.80 bits per heavy atom. The minimum Gasteiger partial charge on any atom is -0.508 e. The Kier molecular flexibility index (Phi) is 4.86. The van der Waals surface area contributed by atoms with Crippen LogP contribution in [0, 0.1) is 0 Å². The highest BCUT2D eigenvalue weighted by molar-refractivity contribution is 6.31. The quantitative estimate of drug-likeness (QED) is 0.700. The molecule has 0 aliphatic carbocycles. The molecular formula is C19H18ClNO4. The highest BCUT2D eigenvalue weighted by Crippen LogP contribution is 2.28. The summed E-state index contributed by atoms with van der Waals surface area (Å²) in [4.78, 5) is 11.2. The van der Waals surface area contributed by atoms with Gasteiger partial charge in [0.1, 0.15) is 29.4 Å². The molecule has 3 aromatic rings. The maximum atomic E-state index is 11.2. The zero-order chi connectivity index (χ0) is 18.0.